The summed E-state index contributed by atoms with van der Waals surface area (Å²) in [4.78, 5) is 8.42. The van der Waals surface area contributed by atoms with Crippen LogP contribution in [0.5, 0.6) is 5.75 Å². The lowest BCUT2D eigenvalue weighted by molar-refractivity contribution is 0.339. The normalized spacial score (nSPS) is 16.8. The van der Waals surface area contributed by atoms with Crippen molar-refractivity contribution in [3.8, 4) is 5.75 Å². The van der Waals surface area contributed by atoms with Crippen LogP contribution in [-0.4, -0.2) is 23.6 Å². The molecule has 2 heterocycles. The van der Waals surface area contributed by atoms with Gasteiger partial charge in [-0.2, -0.15) is 4.98 Å². The van der Waals surface area contributed by atoms with Crippen molar-refractivity contribution < 1.29 is 4.74 Å². The lowest BCUT2D eigenvalue weighted by Gasteiger charge is -2.12. The molecule has 0 bridgehead atoms. The Balaban J connectivity index is 1.82. The average Bonchev–Trinajstić information content (AvgIpc) is 2.83. The summed E-state index contributed by atoms with van der Waals surface area (Å²) in [5.74, 6) is 2.34. The first-order valence-corrected chi connectivity index (χ1v) is 5.86. The lowest BCUT2D eigenvalue weighted by atomic mass is 10.1. The van der Waals surface area contributed by atoms with E-state index in [4.69, 9.17) is 4.74 Å². The molecule has 5 heteroatoms. The number of hydrogen-bond acceptors (Lipinski definition) is 5. The molecule has 18 heavy (non-hydrogen) atoms. The summed E-state index contributed by atoms with van der Waals surface area (Å²) >= 11 is 0. The van der Waals surface area contributed by atoms with Crippen molar-refractivity contribution in [2.45, 2.75) is 6.04 Å². The van der Waals surface area contributed by atoms with Gasteiger partial charge in [-0.15, -0.1) is 0 Å². The molecule has 1 atom stereocenters. The highest BCUT2D eigenvalue weighted by atomic mass is 16.5. The van der Waals surface area contributed by atoms with Crippen LogP contribution in [0.25, 0.3) is 0 Å². The van der Waals surface area contributed by atoms with E-state index in [0.29, 0.717) is 12.6 Å². The maximum atomic E-state index is 5.62. The Hall–Kier alpha value is -2.30. The summed E-state index contributed by atoms with van der Waals surface area (Å²) in [5.41, 5.74) is 1.17. The van der Waals surface area contributed by atoms with Crippen LogP contribution in [0.4, 0.5) is 11.8 Å². The van der Waals surface area contributed by atoms with Gasteiger partial charge in [-0.25, -0.2) is 4.98 Å². The van der Waals surface area contributed by atoms with Gasteiger partial charge in [0.1, 0.15) is 18.2 Å². The molecule has 0 radical (unpaired) electrons. The summed E-state index contributed by atoms with van der Waals surface area (Å²) < 4.78 is 5.62. The third kappa shape index (κ3) is 1.95. The SMILES string of the molecule is CNc1nccc(NC2COc3ccccc32)n1. The van der Waals surface area contributed by atoms with E-state index in [-0.39, 0.29) is 6.04 Å². The van der Waals surface area contributed by atoms with Gasteiger partial charge in [0.2, 0.25) is 5.95 Å². The van der Waals surface area contributed by atoms with Gasteiger partial charge in [0.05, 0.1) is 6.04 Å². The zero-order valence-electron chi connectivity index (χ0n) is 10.1. The van der Waals surface area contributed by atoms with E-state index in [9.17, 15) is 0 Å². The zero-order chi connectivity index (χ0) is 12.4. The highest BCUT2D eigenvalue weighted by Gasteiger charge is 2.23. The molecule has 1 aliphatic heterocycles. The van der Waals surface area contributed by atoms with E-state index in [1.54, 1.807) is 13.2 Å². The second kappa shape index (κ2) is 4.52. The quantitative estimate of drug-likeness (QED) is 0.862. The van der Waals surface area contributed by atoms with Gasteiger partial charge in [0.25, 0.3) is 0 Å². The van der Waals surface area contributed by atoms with Gasteiger partial charge in [-0.3, -0.25) is 0 Å². The number of nitrogens with one attached hydrogen (secondary N) is 2. The van der Waals surface area contributed by atoms with Crippen molar-refractivity contribution in [1.82, 2.24) is 9.97 Å². The number of nitrogens with zero attached hydrogens (tertiary/aromatic N) is 2. The Kier molecular flexibility index (Phi) is 2.72. The second-order valence-electron chi connectivity index (χ2n) is 4.06. The minimum absolute atomic E-state index is 0.140. The highest BCUT2D eigenvalue weighted by Crippen LogP contribution is 2.33. The molecule has 5 nitrogen and oxygen atoms in total. The summed E-state index contributed by atoms with van der Waals surface area (Å²) in [5, 5.41) is 6.27. The van der Waals surface area contributed by atoms with Crippen molar-refractivity contribution in [2.24, 2.45) is 0 Å². The fraction of sp³-hybridized carbons (Fsp3) is 0.231. The molecule has 2 N–H and O–H groups in total. The number of hydrogen-bond donors (Lipinski definition) is 2. The van der Waals surface area contributed by atoms with Crippen molar-refractivity contribution in [2.75, 3.05) is 24.3 Å². The average molecular weight is 242 g/mol. The molecule has 0 spiro atoms. The van der Waals surface area contributed by atoms with E-state index in [1.165, 1.54) is 5.56 Å². The van der Waals surface area contributed by atoms with E-state index in [1.807, 2.05) is 24.3 Å². The van der Waals surface area contributed by atoms with E-state index < -0.39 is 0 Å². The Labute approximate surface area is 105 Å². The number of rotatable bonds is 3. The third-order valence-electron chi connectivity index (χ3n) is 2.90. The molecule has 92 valence electrons. The van der Waals surface area contributed by atoms with Crippen LogP contribution >= 0.6 is 0 Å². The van der Waals surface area contributed by atoms with Crippen LogP contribution in [0, 0.1) is 0 Å². The summed E-state index contributed by atoms with van der Waals surface area (Å²) in [6, 6.07) is 10.0. The largest absolute Gasteiger partial charge is 0.491 e. The molecule has 2 aromatic rings. The number of anilines is 2. The molecule has 0 saturated heterocycles. The molecule has 0 aliphatic carbocycles. The fourth-order valence-electron chi connectivity index (χ4n) is 2.02. The highest BCUT2D eigenvalue weighted by molar-refractivity contribution is 5.47. The summed E-state index contributed by atoms with van der Waals surface area (Å²) in [7, 11) is 1.80. The van der Waals surface area contributed by atoms with Crippen LogP contribution in [0.15, 0.2) is 36.5 Å². The van der Waals surface area contributed by atoms with Gasteiger partial charge in [-0.05, 0) is 12.1 Å². The Bertz CT molecular complexity index is 558. The molecule has 1 aromatic carbocycles. The smallest absolute Gasteiger partial charge is 0.224 e. The topological polar surface area (TPSA) is 59.1 Å². The standard InChI is InChI=1S/C13H14N4O/c1-14-13-15-7-6-12(17-13)16-10-8-18-11-5-3-2-4-9(10)11/h2-7,10H,8H2,1H3,(H2,14,15,16,17). The minimum atomic E-state index is 0.140. The van der Waals surface area contributed by atoms with E-state index in [2.05, 4.69) is 26.7 Å². The molecule has 3 rings (SSSR count). The van der Waals surface area contributed by atoms with Crippen LogP contribution in [0.1, 0.15) is 11.6 Å². The molecule has 0 saturated carbocycles. The van der Waals surface area contributed by atoms with Crippen LogP contribution < -0.4 is 15.4 Å². The molecule has 0 fully saturated rings. The van der Waals surface area contributed by atoms with E-state index in [0.717, 1.165) is 11.6 Å². The van der Waals surface area contributed by atoms with Crippen molar-refractivity contribution in [3.05, 3.63) is 42.1 Å². The minimum Gasteiger partial charge on any atom is -0.491 e. The maximum Gasteiger partial charge on any atom is 0.224 e. The Morgan fingerprint density at radius 1 is 1.28 bits per heavy atom. The number of ether oxygens (including phenoxy) is 1. The number of benzene rings is 1. The molecule has 1 aromatic heterocycles. The number of aromatic nitrogens is 2. The van der Waals surface area contributed by atoms with Gasteiger partial charge >= 0.3 is 0 Å². The van der Waals surface area contributed by atoms with Crippen LogP contribution in [-0.2, 0) is 0 Å². The number of para-hydroxylation sites is 1. The Morgan fingerprint density at radius 2 is 2.17 bits per heavy atom. The van der Waals surface area contributed by atoms with Gasteiger partial charge in [-0.1, -0.05) is 18.2 Å². The van der Waals surface area contributed by atoms with Crippen molar-refractivity contribution >= 4 is 11.8 Å². The molecule has 1 unspecified atom stereocenters. The first-order valence-electron chi connectivity index (χ1n) is 5.86. The second-order valence-corrected chi connectivity index (χ2v) is 4.06. The van der Waals surface area contributed by atoms with Gasteiger partial charge in [0, 0.05) is 18.8 Å². The molecule has 0 amide bonds. The third-order valence-corrected chi connectivity index (χ3v) is 2.90. The van der Waals surface area contributed by atoms with Crippen molar-refractivity contribution in [3.63, 3.8) is 0 Å². The maximum absolute atomic E-state index is 5.62. The zero-order valence-corrected chi connectivity index (χ0v) is 10.1. The molecule has 1 aliphatic rings. The summed E-state index contributed by atoms with van der Waals surface area (Å²) in [6.45, 7) is 0.623. The van der Waals surface area contributed by atoms with Crippen molar-refractivity contribution in [1.29, 1.82) is 0 Å². The number of fused-ring (bicyclic) bond motifs is 1. The summed E-state index contributed by atoms with van der Waals surface area (Å²) in [6.07, 6.45) is 1.73. The van der Waals surface area contributed by atoms with Crippen LogP contribution in [0.2, 0.25) is 0 Å². The predicted octanol–water partition coefficient (Wildman–Crippen LogP) is 2.06. The molecular weight excluding hydrogens is 228 g/mol. The first-order chi connectivity index (χ1) is 8.86. The van der Waals surface area contributed by atoms with Crippen LogP contribution in [0.3, 0.4) is 0 Å². The fourth-order valence-corrected chi connectivity index (χ4v) is 2.02. The lowest BCUT2D eigenvalue weighted by Crippen LogP contribution is -2.13. The predicted molar refractivity (Wildman–Crippen MR) is 69.9 cm³/mol. The molecular formula is C13H14N4O. The monoisotopic (exact) mass is 242 g/mol. The van der Waals surface area contributed by atoms with E-state index >= 15 is 0 Å². The Morgan fingerprint density at radius 3 is 3.06 bits per heavy atom. The van der Waals surface area contributed by atoms with Gasteiger partial charge in [0.15, 0.2) is 0 Å². The first kappa shape index (κ1) is 10.8. The van der Waals surface area contributed by atoms with Gasteiger partial charge < -0.3 is 15.4 Å².